The second-order valence-corrected chi connectivity index (χ2v) is 7.49. The Kier molecular flexibility index (Phi) is 7.22. The number of aliphatic hydroxyl groups excluding tert-OH is 1. The lowest BCUT2D eigenvalue weighted by atomic mass is 9.92. The molecule has 0 aliphatic heterocycles. The summed E-state index contributed by atoms with van der Waals surface area (Å²) in [6.45, 7) is 4.82. The third-order valence-electron chi connectivity index (χ3n) is 5.58. The summed E-state index contributed by atoms with van der Waals surface area (Å²) < 4.78 is 35.2. The first kappa shape index (κ1) is 22.7. The number of allylic oxidation sites excluding steroid dienone is 5. The van der Waals surface area contributed by atoms with E-state index >= 15 is 0 Å². The number of hydrogen-bond acceptors (Lipinski definition) is 4. The summed E-state index contributed by atoms with van der Waals surface area (Å²) in [5, 5.41) is 13.1. The predicted molar refractivity (Wildman–Crippen MR) is 115 cm³/mol. The van der Waals surface area contributed by atoms with E-state index in [-0.39, 0.29) is 29.6 Å². The number of carbonyl (C=O) groups is 1. The van der Waals surface area contributed by atoms with Crippen molar-refractivity contribution in [2.24, 2.45) is 0 Å². The average Bonchev–Trinajstić information content (AvgIpc) is 3.16. The summed E-state index contributed by atoms with van der Waals surface area (Å²) in [4.78, 5) is 17.4. The van der Waals surface area contributed by atoms with Crippen LogP contribution in [-0.4, -0.2) is 39.8 Å². The molecule has 1 unspecified atom stereocenters. The van der Waals surface area contributed by atoms with E-state index in [4.69, 9.17) is 4.74 Å². The van der Waals surface area contributed by atoms with Crippen molar-refractivity contribution in [2.45, 2.75) is 51.3 Å². The lowest BCUT2D eigenvalue weighted by Crippen LogP contribution is -2.45. The van der Waals surface area contributed by atoms with Gasteiger partial charge in [-0.15, -0.1) is 0 Å². The number of fused-ring (bicyclic) bond motifs is 1. The fraction of sp³-hybridized carbons (Fsp3) is 0.391. The molecule has 0 aromatic carbocycles. The molecule has 0 spiro atoms. The molecule has 3 rings (SSSR count). The van der Waals surface area contributed by atoms with Crippen LogP contribution in [0.1, 0.15) is 43.0 Å². The predicted octanol–water partition coefficient (Wildman–Crippen LogP) is 4.36. The zero-order chi connectivity index (χ0) is 22.5. The molecular weight excluding hydrogens is 404 g/mol. The second kappa shape index (κ2) is 9.87. The summed E-state index contributed by atoms with van der Waals surface area (Å²) in [5.41, 5.74) is 1.24. The number of nitrogens with one attached hydrogen (secondary N) is 1. The zero-order valence-corrected chi connectivity index (χ0v) is 17.7. The van der Waals surface area contributed by atoms with Gasteiger partial charge in [-0.3, -0.25) is 9.78 Å². The lowest BCUT2D eigenvalue weighted by molar-refractivity contribution is 0.0718. The van der Waals surface area contributed by atoms with Crippen molar-refractivity contribution in [3.05, 3.63) is 60.0 Å². The van der Waals surface area contributed by atoms with Crippen LogP contribution in [0.25, 0.3) is 11.0 Å². The van der Waals surface area contributed by atoms with Crippen LogP contribution in [0.2, 0.25) is 0 Å². The summed E-state index contributed by atoms with van der Waals surface area (Å²) in [5.74, 6) is -2.01. The highest BCUT2D eigenvalue weighted by atomic mass is 19.2. The molecule has 2 heterocycles. The van der Waals surface area contributed by atoms with Gasteiger partial charge in [0, 0.05) is 24.0 Å². The number of amides is 1. The van der Waals surface area contributed by atoms with E-state index in [1.807, 2.05) is 0 Å². The summed E-state index contributed by atoms with van der Waals surface area (Å²) in [6, 6.07) is 1.30. The zero-order valence-electron chi connectivity index (χ0n) is 17.7. The molecule has 1 fully saturated rings. The van der Waals surface area contributed by atoms with Crippen LogP contribution in [0.4, 0.5) is 8.78 Å². The van der Waals surface area contributed by atoms with E-state index in [9.17, 15) is 18.7 Å². The van der Waals surface area contributed by atoms with Crippen LogP contribution in [0.5, 0.6) is 5.75 Å². The molecule has 8 heteroatoms. The van der Waals surface area contributed by atoms with E-state index in [1.54, 1.807) is 23.8 Å². The number of ether oxygens (including phenoxy) is 1. The topological polar surface area (TPSA) is 76.4 Å². The highest BCUT2D eigenvalue weighted by Gasteiger charge is 2.27. The number of aromatic nitrogens is 2. The van der Waals surface area contributed by atoms with Crippen molar-refractivity contribution >= 4 is 16.9 Å². The fourth-order valence-corrected chi connectivity index (χ4v) is 3.89. The molecule has 2 atom stereocenters. The van der Waals surface area contributed by atoms with Crippen molar-refractivity contribution in [1.82, 2.24) is 14.9 Å². The quantitative estimate of drug-likeness (QED) is 0.639. The Bertz CT molecular complexity index is 1040. The number of carbonyl (C=O) groups excluding carboxylic acids is 1. The van der Waals surface area contributed by atoms with Crippen molar-refractivity contribution in [2.75, 3.05) is 7.11 Å². The van der Waals surface area contributed by atoms with Gasteiger partial charge in [-0.2, -0.15) is 0 Å². The molecule has 1 saturated carbocycles. The highest BCUT2D eigenvalue weighted by molar-refractivity contribution is 6.06. The first-order valence-corrected chi connectivity index (χ1v) is 10.2. The number of nitrogens with zero attached hydrogens (tertiary/aromatic N) is 2. The maximum Gasteiger partial charge on any atom is 0.255 e. The van der Waals surface area contributed by atoms with E-state index in [2.05, 4.69) is 16.9 Å². The molecule has 1 aliphatic rings. The molecule has 1 amide bonds. The molecule has 1 aliphatic carbocycles. The summed E-state index contributed by atoms with van der Waals surface area (Å²) in [7, 11) is 1.48. The van der Waals surface area contributed by atoms with Crippen molar-refractivity contribution in [3.63, 3.8) is 0 Å². The second-order valence-electron chi connectivity index (χ2n) is 7.49. The molecule has 31 heavy (non-hydrogen) atoms. The minimum atomic E-state index is -1.06. The number of halogens is 2. The molecular formula is C23H27F2N3O3. The van der Waals surface area contributed by atoms with Gasteiger partial charge in [-0.25, -0.2) is 8.78 Å². The van der Waals surface area contributed by atoms with E-state index in [1.165, 1.54) is 19.4 Å². The molecule has 166 valence electrons. The molecule has 2 aromatic rings. The number of pyridine rings is 1. The van der Waals surface area contributed by atoms with E-state index in [0.717, 1.165) is 18.9 Å². The molecule has 6 nitrogen and oxygen atoms in total. The van der Waals surface area contributed by atoms with Crippen LogP contribution >= 0.6 is 0 Å². The Labute approximate surface area is 179 Å². The van der Waals surface area contributed by atoms with E-state index in [0.29, 0.717) is 29.6 Å². The van der Waals surface area contributed by atoms with Gasteiger partial charge in [0.2, 0.25) is 0 Å². The Morgan fingerprint density at radius 3 is 2.81 bits per heavy atom. The van der Waals surface area contributed by atoms with Crippen LogP contribution in [0.15, 0.2) is 54.4 Å². The number of rotatable bonds is 7. The molecule has 2 N–H and O–H groups in total. The van der Waals surface area contributed by atoms with Gasteiger partial charge in [0.25, 0.3) is 5.91 Å². The van der Waals surface area contributed by atoms with Gasteiger partial charge in [0.05, 0.1) is 31.4 Å². The SMILES string of the molecule is C=C/C(F)=C(F)\C(=C/C)Cn1cc(C(=O)N[C@H]2CCCCC2O)c2nccc(OC)c21. The normalized spacial score (nSPS) is 20.4. The number of methoxy groups -OCH3 is 1. The van der Waals surface area contributed by atoms with Gasteiger partial charge >= 0.3 is 0 Å². The monoisotopic (exact) mass is 431 g/mol. The average molecular weight is 431 g/mol. The number of aliphatic hydroxyl groups is 1. The third-order valence-corrected chi connectivity index (χ3v) is 5.58. The van der Waals surface area contributed by atoms with Gasteiger partial charge in [0.15, 0.2) is 11.7 Å². The van der Waals surface area contributed by atoms with Crippen LogP contribution < -0.4 is 10.1 Å². The molecule has 0 saturated heterocycles. The number of hydrogen-bond donors (Lipinski definition) is 2. The maximum atomic E-state index is 14.4. The minimum Gasteiger partial charge on any atom is -0.494 e. The Balaban J connectivity index is 2.02. The lowest BCUT2D eigenvalue weighted by Gasteiger charge is -2.28. The standard InChI is InChI=1S/C23H27F2N3O3/c1-4-14(20(25)16(24)5-2)12-28-13-15(21-22(28)19(31-3)10-11-26-21)23(30)27-17-8-6-7-9-18(17)29/h4-5,10-11,13,17-18,29H,2,6-9,12H2,1,3H3,(H,27,30)/b14-4-,20-16-/t17-,18?/m0/s1. The highest BCUT2D eigenvalue weighted by Crippen LogP contribution is 2.31. The van der Waals surface area contributed by atoms with Gasteiger partial charge in [-0.05, 0) is 25.8 Å². The summed E-state index contributed by atoms with van der Waals surface area (Å²) in [6.07, 6.45) is 7.95. The van der Waals surface area contributed by atoms with Crippen molar-refractivity contribution in [3.8, 4) is 5.75 Å². The Morgan fingerprint density at radius 1 is 1.42 bits per heavy atom. The molecule has 2 aromatic heterocycles. The third kappa shape index (κ3) is 4.69. The molecule has 0 bridgehead atoms. The van der Waals surface area contributed by atoms with Crippen LogP contribution in [0.3, 0.4) is 0 Å². The van der Waals surface area contributed by atoms with E-state index < -0.39 is 17.8 Å². The molecule has 0 radical (unpaired) electrons. The Hall–Kier alpha value is -3.00. The van der Waals surface area contributed by atoms with Crippen LogP contribution in [-0.2, 0) is 6.54 Å². The fourth-order valence-electron chi connectivity index (χ4n) is 3.89. The first-order chi connectivity index (χ1) is 14.9. The minimum absolute atomic E-state index is 0.0402. The Morgan fingerprint density at radius 2 is 2.16 bits per heavy atom. The summed E-state index contributed by atoms with van der Waals surface area (Å²) >= 11 is 0. The van der Waals surface area contributed by atoms with Crippen molar-refractivity contribution < 1.29 is 23.4 Å². The maximum absolute atomic E-state index is 14.4. The first-order valence-electron chi connectivity index (χ1n) is 10.2. The van der Waals surface area contributed by atoms with Gasteiger partial charge in [0.1, 0.15) is 16.8 Å². The van der Waals surface area contributed by atoms with Gasteiger partial charge < -0.3 is 19.7 Å². The smallest absolute Gasteiger partial charge is 0.255 e. The van der Waals surface area contributed by atoms with Gasteiger partial charge in [-0.1, -0.05) is 25.5 Å². The largest absolute Gasteiger partial charge is 0.494 e. The van der Waals surface area contributed by atoms with Crippen LogP contribution in [0, 0.1) is 0 Å². The van der Waals surface area contributed by atoms with Crippen molar-refractivity contribution in [1.29, 1.82) is 0 Å².